The molecule has 0 spiro atoms. The number of ether oxygens (including phenoxy) is 2. The molecule has 4 atom stereocenters. The molecule has 30 heavy (non-hydrogen) atoms. The van der Waals surface area contributed by atoms with Crippen LogP contribution in [0.15, 0.2) is 30.5 Å². The fourth-order valence-corrected chi connectivity index (χ4v) is 5.28. The highest BCUT2D eigenvalue weighted by Gasteiger charge is 2.52. The molecule has 2 saturated carbocycles. The van der Waals surface area contributed by atoms with Crippen molar-refractivity contribution in [1.29, 1.82) is 0 Å². The zero-order valence-corrected chi connectivity index (χ0v) is 18.2. The number of rotatable bonds is 5. The van der Waals surface area contributed by atoms with E-state index >= 15 is 0 Å². The van der Waals surface area contributed by atoms with Crippen molar-refractivity contribution in [1.82, 2.24) is 9.97 Å². The second-order valence-electron chi connectivity index (χ2n) is 7.98. The van der Waals surface area contributed by atoms with Crippen molar-refractivity contribution in [2.75, 3.05) is 19.5 Å². The van der Waals surface area contributed by atoms with Gasteiger partial charge >= 0.3 is 0 Å². The van der Waals surface area contributed by atoms with E-state index in [0.717, 1.165) is 28.8 Å². The number of aromatic nitrogens is 2. The molecule has 3 N–H and O–H groups in total. The van der Waals surface area contributed by atoms with Crippen LogP contribution in [0, 0.1) is 11.8 Å². The molecule has 0 aliphatic heterocycles. The smallest absolute Gasteiger partial charge is 0.223 e. The molecule has 0 bridgehead atoms. The molecule has 6 nitrogen and oxygen atoms in total. The van der Waals surface area contributed by atoms with Gasteiger partial charge in [0.2, 0.25) is 5.95 Å². The molecule has 0 saturated heterocycles. The predicted octanol–water partition coefficient (Wildman–Crippen LogP) is 4.77. The lowest BCUT2D eigenvalue weighted by Crippen LogP contribution is -2.38. The molecular formula is C22H22Cl2N4O2. The van der Waals surface area contributed by atoms with Gasteiger partial charge in [-0.15, -0.1) is 0 Å². The van der Waals surface area contributed by atoms with Gasteiger partial charge in [-0.05, 0) is 42.4 Å². The van der Waals surface area contributed by atoms with Crippen molar-refractivity contribution in [3.8, 4) is 22.6 Å². The van der Waals surface area contributed by atoms with E-state index in [2.05, 4.69) is 15.3 Å². The first-order valence-corrected chi connectivity index (χ1v) is 10.6. The Kier molecular flexibility index (Phi) is 4.88. The second-order valence-corrected chi connectivity index (χ2v) is 8.74. The number of hydrogen-bond acceptors (Lipinski definition) is 6. The molecule has 3 aromatic rings. The van der Waals surface area contributed by atoms with Gasteiger partial charge in [0, 0.05) is 35.3 Å². The fraction of sp³-hybridized carbons (Fsp3) is 0.364. The molecule has 5 rings (SSSR count). The highest BCUT2D eigenvalue weighted by atomic mass is 35.5. The molecule has 2 fully saturated rings. The monoisotopic (exact) mass is 444 g/mol. The minimum atomic E-state index is 0.169. The van der Waals surface area contributed by atoms with Crippen LogP contribution >= 0.6 is 23.2 Å². The Labute approximate surface area is 184 Å². The van der Waals surface area contributed by atoms with Gasteiger partial charge in [0.15, 0.2) is 0 Å². The molecule has 0 amide bonds. The molecule has 1 heterocycles. The lowest BCUT2D eigenvalue weighted by molar-refractivity contribution is 0.395. The van der Waals surface area contributed by atoms with Gasteiger partial charge < -0.3 is 20.5 Å². The zero-order valence-electron chi connectivity index (χ0n) is 16.7. The summed E-state index contributed by atoms with van der Waals surface area (Å²) in [5.74, 6) is 3.04. The van der Waals surface area contributed by atoms with Crippen LogP contribution < -0.4 is 20.5 Å². The first-order valence-electron chi connectivity index (χ1n) is 9.89. The van der Waals surface area contributed by atoms with Crippen molar-refractivity contribution in [3.63, 3.8) is 0 Å². The molecule has 1 aromatic heterocycles. The number of nitrogens with zero attached hydrogens (tertiary/aromatic N) is 2. The summed E-state index contributed by atoms with van der Waals surface area (Å²) in [7, 11) is 3.11. The van der Waals surface area contributed by atoms with Gasteiger partial charge in [-0.25, -0.2) is 9.97 Å². The number of nitrogens with two attached hydrogens (primary N) is 1. The quantitative estimate of drug-likeness (QED) is 0.589. The Bertz CT molecular complexity index is 1110. The van der Waals surface area contributed by atoms with Gasteiger partial charge in [-0.2, -0.15) is 0 Å². The lowest BCUT2D eigenvalue weighted by Gasteiger charge is -2.20. The average Bonchev–Trinajstić information content (AvgIpc) is 3.44. The van der Waals surface area contributed by atoms with Crippen LogP contribution in [0.3, 0.4) is 0 Å². The third kappa shape index (κ3) is 3.23. The third-order valence-electron chi connectivity index (χ3n) is 6.21. The SMILES string of the molecule is COc1cc(OC)c(Cl)c(-c2ccc3nc(N[C@H]4[C@@H](N)CC5C[C@@H]54)ncc3c2)c1Cl. The molecule has 2 aliphatic carbocycles. The molecule has 2 aromatic carbocycles. The molecular weight excluding hydrogens is 423 g/mol. The van der Waals surface area contributed by atoms with Crippen LogP contribution in [-0.4, -0.2) is 36.3 Å². The molecule has 2 aliphatic rings. The van der Waals surface area contributed by atoms with Crippen LogP contribution in [0.1, 0.15) is 12.8 Å². The van der Waals surface area contributed by atoms with E-state index in [-0.39, 0.29) is 12.1 Å². The Morgan fingerprint density at radius 2 is 1.80 bits per heavy atom. The standard InChI is InChI=1S/C22H22Cl2N4O2/c1-29-16-8-17(30-2)20(24)18(19(16)23)10-3-4-15-12(5-10)9-26-22(27-15)28-21-13-6-11(13)7-14(21)25/h3-5,8-9,11,13-14,21H,6-7,25H2,1-2H3,(H,26,27,28)/t11?,13-,14-,21+/m0/s1. The van der Waals surface area contributed by atoms with Crippen molar-refractivity contribution in [2.45, 2.75) is 24.9 Å². The van der Waals surface area contributed by atoms with Gasteiger partial charge in [0.25, 0.3) is 0 Å². The van der Waals surface area contributed by atoms with E-state index in [1.54, 1.807) is 26.5 Å². The van der Waals surface area contributed by atoms with Crippen LogP contribution in [0.25, 0.3) is 22.0 Å². The number of anilines is 1. The maximum atomic E-state index is 6.56. The summed E-state index contributed by atoms with van der Waals surface area (Å²) in [5, 5.41) is 5.18. The van der Waals surface area contributed by atoms with E-state index in [1.165, 1.54) is 6.42 Å². The van der Waals surface area contributed by atoms with Gasteiger partial charge in [-0.1, -0.05) is 29.3 Å². The molecule has 8 heteroatoms. The Hall–Kier alpha value is -2.28. The van der Waals surface area contributed by atoms with Crippen molar-refractivity contribution in [2.24, 2.45) is 17.6 Å². The van der Waals surface area contributed by atoms with Crippen LogP contribution in [0.5, 0.6) is 11.5 Å². The van der Waals surface area contributed by atoms with Crippen molar-refractivity contribution >= 4 is 40.1 Å². The van der Waals surface area contributed by atoms with E-state index < -0.39 is 0 Å². The molecule has 156 valence electrons. The number of methoxy groups -OCH3 is 2. The Morgan fingerprint density at radius 1 is 1.07 bits per heavy atom. The van der Waals surface area contributed by atoms with E-state index in [1.807, 2.05) is 18.2 Å². The van der Waals surface area contributed by atoms with E-state index in [4.69, 9.17) is 38.4 Å². The summed E-state index contributed by atoms with van der Waals surface area (Å²) >= 11 is 13.1. The predicted molar refractivity (Wildman–Crippen MR) is 120 cm³/mol. The maximum Gasteiger partial charge on any atom is 0.223 e. The Balaban J connectivity index is 1.50. The van der Waals surface area contributed by atoms with Gasteiger partial charge in [-0.3, -0.25) is 0 Å². The van der Waals surface area contributed by atoms with E-state index in [9.17, 15) is 0 Å². The summed E-state index contributed by atoms with van der Waals surface area (Å²) in [4.78, 5) is 9.19. The van der Waals surface area contributed by atoms with E-state index in [0.29, 0.717) is 39.0 Å². The Morgan fingerprint density at radius 3 is 2.43 bits per heavy atom. The lowest BCUT2D eigenvalue weighted by atomic mass is 10.0. The van der Waals surface area contributed by atoms with Crippen molar-refractivity contribution in [3.05, 3.63) is 40.5 Å². The summed E-state index contributed by atoms with van der Waals surface area (Å²) in [6, 6.07) is 7.93. The summed E-state index contributed by atoms with van der Waals surface area (Å²) < 4.78 is 10.8. The highest BCUT2D eigenvalue weighted by Crippen LogP contribution is 2.52. The number of nitrogens with one attached hydrogen (secondary N) is 1. The number of hydrogen-bond donors (Lipinski definition) is 2. The fourth-order valence-electron chi connectivity index (χ4n) is 4.56. The van der Waals surface area contributed by atoms with Gasteiger partial charge in [0.1, 0.15) is 11.5 Å². The van der Waals surface area contributed by atoms with Crippen LogP contribution in [0.4, 0.5) is 5.95 Å². The maximum absolute atomic E-state index is 6.56. The largest absolute Gasteiger partial charge is 0.495 e. The first kappa shape index (κ1) is 19.7. The minimum Gasteiger partial charge on any atom is -0.495 e. The number of benzene rings is 2. The van der Waals surface area contributed by atoms with Crippen LogP contribution in [-0.2, 0) is 0 Å². The third-order valence-corrected chi connectivity index (χ3v) is 6.96. The van der Waals surface area contributed by atoms with Gasteiger partial charge in [0.05, 0.1) is 29.8 Å². The van der Waals surface area contributed by atoms with Crippen LogP contribution in [0.2, 0.25) is 10.0 Å². The normalized spacial score (nSPS) is 24.6. The molecule has 0 radical (unpaired) electrons. The summed E-state index contributed by atoms with van der Waals surface area (Å²) in [6.07, 6.45) is 4.15. The topological polar surface area (TPSA) is 82.3 Å². The minimum absolute atomic E-state index is 0.169. The number of fused-ring (bicyclic) bond motifs is 2. The summed E-state index contributed by atoms with van der Waals surface area (Å²) in [5.41, 5.74) is 8.57. The zero-order chi connectivity index (χ0) is 21.0. The van der Waals surface area contributed by atoms with Crippen molar-refractivity contribution < 1.29 is 9.47 Å². The number of halogens is 2. The second kappa shape index (κ2) is 7.45. The highest BCUT2D eigenvalue weighted by molar-refractivity contribution is 6.41. The molecule has 1 unspecified atom stereocenters. The average molecular weight is 445 g/mol. The first-order chi connectivity index (χ1) is 14.5. The summed E-state index contributed by atoms with van der Waals surface area (Å²) in [6.45, 7) is 0.